The third kappa shape index (κ3) is 7.34. The molecule has 0 saturated heterocycles. The Morgan fingerprint density at radius 1 is 1.21 bits per heavy atom. The maximum Gasteiger partial charge on any atom is 0.191 e. The van der Waals surface area contributed by atoms with Crippen molar-refractivity contribution in [2.75, 3.05) is 33.7 Å². The van der Waals surface area contributed by atoms with Gasteiger partial charge in [-0.25, -0.2) is 0 Å². The van der Waals surface area contributed by atoms with Gasteiger partial charge in [-0.05, 0) is 39.4 Å². The second-order valence-electron chi connectivity index (χ2n) is 6.38. The molecule has 6 nitrogen and oxygen atoms in total. The normalized spacial score (nSPS) is 13.5. The fourth-order valence-corrected chi connectivity index (χ4v) is 2.97. The largest absolute Gasteiger partial charge is 0.357 e. The van der Waals surface area contributed by atoms with Crippen LogP contribution in [0.1, 0.15) is 40.0 Å². The van der Waals surface area contributed by atoms with Gasteiger partial charge in [0.1, 0.15) is 0 Å². The number of likely N-dealkylation sites (N-methyl/N-ethyl adjacent to an activating group) is 1. The quantitative estimate of drug-likeness (QED) is 0.369. The van der Waals surface area contributed by atoms with Crippen LogP contribution in [-0.2, 0) is 6.54 Å². The Bertz CT molecular complexity index is 436. The van der Waals surface area contributed by atoms with Crippen LogP contribution in [0.3, 0.4) is 0 Å². The number of nitrogens with zero attached hydrogens (tertiary/aromatic N) is 4. The molecule has 0 radical (unpaired) electrons. The molecule has 138 valence electrons. The van der Waals surface area contributed by atoms with Gasteiger partial charge in [-0.15, -0.1) is 0 Å². The number of aromatic nitrogens is 2. The van der Waals surface area contributed by atoms with Gasteiger partial charge in [-0.3, -0.25) is 9.67 Å². The lowest BCUT2D eigenvalue weighted by Crippen LogP contribution is -2.41. The van der Waals surface area contributed by atoms with E-state index in [9.17, 15) is 0 Å². The standard InChI is InChI=1S/C18H36N6/c1-6-16(7-2)17(23(4)5)15-21-18(19-8-3)20-11-9-13-24-14-10-12-22-24/h10,12,14,16-17H,6-9,11,13,15H2,1-5H3,(H2,19,20,21). The first kappa shape index (κ1) is 20.5. The van der Waals surface area contributed by atoms with Crippen molar-refractivity contribution in [1.82, 2.24) is 25.3 Å². The summed E-state index contributed by atoms with van der Waals surface area (Å²) in [5, 5.41) is 11.0. The zero-order valence-electron chi connectivity index (χ0n) is 16.1. The summed E-state index contributed by atoms with van der Waals surface area (Å²) in [4.78, 5) is 7.12. The molecule has 1 heterocycles. The van der Waals surface area contributed by atoms with Gasteiger partial charge in [0.2, 0.25) is 0 Å². The molecule has 0 aliphatic rings. The van der Waals surface area contributed by atoms with Gasteiger partial charge in [0.15, 0.2) is 5.96 Å². The van der Waals surface area contributed by atoms with Crippen LogP contribution in [0.5, 0.6) is 0 Å². The van der Waals surface area contributed by atoms with Crippen LogP contribution < -0.4 is 10.6 Å². The van der Waals surface area contributed by atoms with E-state index in [1.165, 1.54) is 12.8 Å². The van der Waals surface area contributed by atoms with Crippen molar-refractivity contribution < 1.29 is 0 Å². The van der Waals surface area contributed by atoms with E-state index in [2.05, 4.69) is 55.5 Å². The predicted octanol–water partition coefficient (Wildman–Crippen LogP) is 2.19. The third-order valence-corrected chi connectivity index (χ3v) is 4.45. The van der Waals surface area contributed by atoms with Gasteiger partial charge >= 0.3 is 0 Å². The molecule has 0 aromatic carbocycles. The van der Waals surface area contributed by atoms with Crippen molar-refractivity contribution in [3.8, 4) is 0 Å². The molecular formula is C18H36N6. The van der Waals surface area contributed by atoms with Crippen molar-refractivity contribution >= 4 is 5.96 Å². The molecule has 2 N–H and O–H groups in total. The number of nitrogens with one attached hydrogen (secondary N) is 2. The molecule has 1 rings (SSSR count). The monoisotopic (exact) mass is 336 g/mol. The van der Waals surface area contributed by atoms with Crippen molar-refractivity contribution in [3.05, 3.63) is 18.5 Å². The van der Waals surface area contributed by atoms with E-state index >= 15 is 0 Å². The average Bonchev–Trinajstić information content (AvgIpc) is 3.08. The number of aliphatic imine (C=N–C) groups is 1. The van der Waals surface area contributed by atoms with Crippen LogP contribution in [-0.4, -0.2) is 60.4 Å². The van der Waals surface area contributed by atoms with Gasteiger partial charge in [-0.2, -0.15) is 5.10 Å². The summed E-state index contributed by atoms with van der Waals surface area (Å²) in [6, 6.07) is 2.44. The van der Waals surface area contributed by atoms with E-state index < -0.39 is 0 Å². The van der Waals surface area contributed by atoms with Crippen molar-refractivity contribution in [3.63, 3.8) is 0 Å². The Balaban J connectivity index is 2.49. The molecule has 0 aliphatic carbocycles. The third-order valence-electron chi connectivity index (χ3n) is 4.45. The molecule has 1 aromatic heterocycles. The van der Waals surface area contributed by atoms with Crippen LogP contribution in [0.25, 0.3) is 0 Å². The molecule has 0 saturated carbocycles. The topological polar surface area (TPSA) is 57.5 Å². The Kier molecular flexibility index (Phi) is 10.2. The maximum atomic E-state index is 4.82. The summed E-state index contributed by atoms with van der Waals surface area (Å²) in [5.41, 5.74) is 0. The summed E-state index contributed by atoms with van der Waals surface area (Å²) in [6.45, 7) is 10.2. The molecule has 1 atom stereocenters. The molecule has 0 spiro atoms. The summed E-state index contributed by atoms with van der Waals surface area (Å²) < 4.78 is 1.96. The molecule has 24 heavy (non-hydrogen) atoms. The van der Waals surface area contributed by atoms with Gasteiger partial charge < -0.3 is 15.5 Å². The second-order valence-corrected chi connectivity index (χ2v) is 6.38. The van der Waals surface area contributed by atoms with Crippen LogP contribution in [0.4, 0.5) is 0 Å². The zero-order chi connectivity index (χ0) is 17.8. The molecule has 0 bridgehead atoms. The zero-order valence-corrected chi connectivity index (χ0v) is 16.1. The Morgan fingerprint density at radius 2 is 1.96 bits per heavy atom. The van der Waals surface area contributed by atoms with Crippen LogP contribution in [0.2, 0.25) is 0 Å². The first-order chi connectivity index (χ1) is 11.6. The SMILES string of the molecule is CCNC(=NCC(C(CC)CC)N(C)C)NCCCn1cccn1. The maximum absolute atomic E-state index is 4.82. The van der Waals surface area contributed by atoms with Crippen LogP contribution >= 0.6 is 0 Å². The van der Waals surface area contributed by atoms with E-state index in [4.69, 9.17) is 4.99 Å². The number of hydrogen-bond donors (Lipinski definition) is 2. The number of rotatable bonds is 11. The minimum atomic E-state index is 0.486. The predicted molar refractivity (Wildman–Crippen MR) is 102 cm³/mol. The van der Waals surface area contributed by atoms with Gasteiger partial charge in [0, 0.05) is 38.1 Å². The van der Waals surface area contributed by atoms with E-state index in [0.29, 0.717) is 12.0 Å². The Morgan fingerprint density at radius 3 is 2.50 bits per heavy atom. The lowest BCUT2D eigenvalue weighted by molar-refractivity contribution is 0.206. The van der Waals surface area contributed by atoms with Crippen molar-refractivity contribution in [2.45, 2.75) is 52.6 Å². The molecule has 1 aromatic rings. The molecule has 0 fully saturated rings. The van der Waals surface area contributed by atoms with Crippen molar-refractivity contribution in [1.29, 1.82) is 0 Å². The smallest absolute Gasteiger partial charge is 0.191 e. The highest BCUT2D eigenvalue weighted by Crippen LogP contribution is 2.17. The first-order valence-electron chi connectivity index (χ1n) is 9.28. The first-order valence-corrected chi connectivity index (χ1v) is 9.28. The fourth-order valence-electron chi connectivity index (χ4n) is 2.97. The summed E-state index contributed by atoms with van der Waals surface area (Å²) in [6.07, 6.45) is 7.23. The average molecular weight is 337 g/mol. The minimum Gasteiger partial charge on any atom is -0.357 e. The van der Waals surface area contributed by atoms with E-state index in [0.717, 1.165) is 38.6 Å². The highest BCUT2D eigenvalue weighted by atomic mass is 15.3. The van der Waals surface area contributed by atoms with Gasteiger partial charge in [0.25, 0.3) is 0 Å². The van der Waals surface area contributed by atoms with E-state index in [1.54, 1.807) is 0 Å². The molecule has 1 unspecified atom stereocenters. The molecule has 0 aliphatic heterocycles. The van der Waals surface area contributed by atoms with Crippen molar-refractivity contribution in [2.24, 2.45) is 10.9 Å². The summed E-state index contributed by atoms with van der Waals surface area (Å²) in [7, 11) is 4.31. The summed E-state index contributed by atoms with van der Waals surface area (Å²) >= 11 is 0. The number of aryl methyl sites for hydroxylation is 1. The van der Waals surface area contributed by atoms with Crippen LogP contribution in [0, 0.1) is 5.92 Å². The second kappa shape index (κ2) is 11.9. The fraction of sp³-hybridized carbons (Fsp3) is 0.778. The Labute approximate surface area is 147 Å². The highest BCUT2D eigenvalue weighted by Gasteiger charge is 2.20. The number of guanidine groups is 1. The van der Waals surface area contributed by atoms with E-state index in [1.807, 2.05) is 23.1 Å². The number of hydrogen-bond acceptors (Lipinski definition) is 3. The Hall–Kier alpha value is -1.56. The lowest BCUT2D eigenvalue weighted by atomic mass is 9.93. The molecule has 0 amide bonds. The van der Waals surface area contributed by atoms with Gasteiger partial charge in [-0.1, -0.05) is 26.7 Å². The van der Waals surface area contributed by atoms with E-state index in [-0.39, 0.29) is 0 Å². The molecular weight excluding hydrogens is 300 g/mol. The van der Waals surface area contributed by atoms with Gasteiger partial charge in [0.05, 0.1) is 6.54 Å². The summed E-state index contributed by atoms with van der Waals surface area (Å²) in [5.74, 6) is 1.60. The van der Waals surface area contributed by atoms with Crippen LogP contribution in [0.15, 0.2) is 23.5 Å². The lowest BCUT2D eigenvalue weighted by Gasteiger charge is -2.30. The highest BCUT2D eigenvalue weighted by molar-refractivity contribution is 5.79. The molecule has 6 heteroatoms. The minimum absolute atomic E-state index is 0.486.